The van der Waals surface area contributed by atoms with E-state index in [1.54, 1.807) is 0 Å². The molecule has 1 N–H and O–H groups in total. The van der Waals surface area contributed by atoms with Crippen LogP contribution in [0.25, 0.3) is 0 Å². The first-order valence-electron chi connectivity index (χ1n) is 6.81. The van der Waals surface area contributed by atoms with E-state index in [1.165, 1.54) is 0 Å². The van der Waals surface area contributed by atoms with Crippen molar-refractivity contribution in [2.75, 3.05) is 5.32 Å². The standard InChI is InChI=1S/C16H10F5NO3/c1-7(25-16(24)12-8(17)3-2-4-9(12)18)15(23)22-11-6-5-10(19)13(20)14(11)21/h2-7H,1H3,(H,22,23). The SMILES string of the molecule is CC(OC(=O)c1c(F)cccc1F)C(=O)Nc1ccc(F)c(F)c1F. The topological polar surface area (TPSA) is 55.4 Å². The summed E-state index contributed by atoms with van der Waals surface area (Å²) in [5.74, 6) is -9.85. The molecule has 0 saturated carbocycles. The minimum absolute atomic E-state index is 0.583. The van der Waals surface area contributed by atoms with E-state index in [0.717, 1.165) is 31.2 Å². The second-order valence-electron chi connectivity index (χ2n) is 4.86. The maximum Gasteiger partial charge on any atom is 0.344 e. The molecule has 2 rings (SSSR count). The summed E-state index contributed by atoms with van der Waals surface area (Å²) >= 11 is 0. The molecule has 1 unspecified atom stereocenters. The van der Waals surface area contributed by atoms with Crippen molar-refractivity contribution in [3.63, 3.8) is 0 Å². The molecule has 0 fully saturated rings. The predicted molar refractivity (Wildman–Crippen MR) is 76.2 cm³/mol. The Kier molecular flexibility index (Phi) is 5.35. The van der Waals surface area contributed by atoms with Crippen LogP contribution in [0.4, 0.5) is 27.6 Å². The molecule has 0 bridgehead atoms. The van der Waals surface area contributed by atoms with Gasteiger partial charge in [-0.2, -0.15) is 0 Å². The van der Waals surface area contributed by atoms with Gasteiger partial charge in [-0.15, -0.1) is 0 Å². The third-order valence-electron chi connectivity index (χ3n) is 3.11. The molecular weight excluding hydrogens is 349 g/mol. The Morgan fingerprint density at radius 3 is 2.12 bits per heavy atom. The first kappa shape index (κ1) is 18.4. The van der Waals surface area contributed by atoms with Crippen LogP contribution in [0.3, 0.4) is 0 Å². The van der Waals surface area contributed by atoms with Gasteiger partial charge in [-0.3, -0.25) is 4.79 Å². The molecule has 1 amide bonds. The Hall–Kier alpha value is -2.97. The Balaban J connectivity index is 2.11. The molecule has 0 heterocycles. The van der Waals surface area contributed by atoms with Crippen molar-refractivity contribution in [2.24, 2.45) is 0 Å². The van der Waals surface area contributed by atoms with Gasteiger partial charge in [-0.05, 0) is 31.2 Å². The van der Waals surface area contributed by atoms with E-state index in [1.807, 2.05) is 5.32 Å². The van der Waals surface area contributed by atoms with Crippen LogP contribution < -0.4 is 5.32 Å². The summed E-state index contributed by atoms with van der Waals surface area (Å²) in [5.41, 5.74) is -1.69. The van der Waals surface area contributed by atoms with Crippen molar-refractivity contribution in [3.8, 4) is 0 Å². The van der Waals surface area contributed by atoms with E-state index in [0.29, 0.717) is 6.07 Å². The number of rotatable bonds is 4. The lowest BCUT2D eigenvalue weighted by Crippen LogP contribution is -2.31. The van der Waals surface area contributed by atoms with Gasteiger partial charge >= 0.3 is 5.97 Å². The minimum Gasteiger partial charge on any atom is -0.449 e. The summed E-state index contributed by atoms with van der Waals surface area (Å²) in [4.78, 5) is 23.6. The number of esters is 1. The summed E-state index contributed by atoms with van der Waals surface area (Å²) in [6, 6.07) is 4.02. The lowest BCUT2D eigenvalue weighted by Gasteiger charge is -2.14. The van der Waals surface area contributed by atoms with Gasteiger partial charge in [0.25, 0.3) is 5.91 Å². The van der Waals surface area contributed by atoms with Crippen LogP contribution in [0.1, 0.15) is 17.3 Å². The number of amides is 1. The van der Waals surface area contributed by atoms with Gasteiger partial charge in [-0.1, -0.05) is 6.07 Å². The van der Waals surface area contributed by atoms with Crippen LogP contribution in [0.5, 0.6) is 0 Å². The fourth-order valence-electron chi connectivity index (χ4n) is 1.82. The average molecular weight is 359 g/mol. The van der Waals surface area contributed by atoms with E-state index in [-0.39, 0.29) is 0 Å². The highest BCUT2D eigenvalue weighted by molar-refractivity contribution is 5.97. The van der Waals surface area contributed by atoms with Crippen LogP contribution in [-0.4, -0.2) is 18.0 Å². The lowest BCUT2D eigenvalue weighted by atomic mass is 10.2. The molecule has 132 valence electrons. The van der Waals surface area contributed by atoms with Crippen molar-refractivity contribution < 1.29 is 36.3 Å². The summed E-state index contributed by atoms with van der Waals surface area (Å²) in [6.07, 6.45) is -1.60. The second-order valence-corrected chi connectivity index (χ2v) is 4.86. The normalized spacial score (nSPS) is 11.8. The number of ether oxygens (including phenoxy) is 1. The molecule has 0 aliphatic rings. The van der Waals surface area contributed by atoms with Gasteiger partial charge in [-0.25, -0.2) is 26.7 Å². The van der Waals surface area contributed by atoms with E-state index >= 15 is 0 Å². The van der Waals surface area contributed by atoms with Gasteiger partial charge in [0.1, 0.15) is 17.2 Å². The molecule has 0 aromatic heterocycles. The van der Waals surface area contributed by atoms with Crippen LogP contribution >= 0.6 is 0 Å². The number of anilines is 1. The number of halogens is 5. The maximum atomic E-state index is 13.5. The number of hydrogen-bond acceptors (Lipinski definition) is 3. The van der Waals surface area contributed by atoms with Gasteiger partial charge in [0, 0.05) is 0 Å². The number of nitrogens with one attached hydrogen (secondary N) is 1. The predicted octanol–water partition coefficient (Wildman–Crippen LogP) is 3.57. The fraction of sp³-hybridized carbons (Fsp3) is 0.125. The first-order valence-corrected chi connectivity index (χ1v) is 6.81. The quantitative estimate of drug-likeness (QED) is 0.516. The number of carbonyl (C=O) groups is 2. The molecule has 25 heavy (non-hydrogen) atoms. The fourth-order valence-corrected chi connectivity index (χ4v) is 1.82. The van der Waals surface area contributed by atoms with Crippen molar-refractivity contribution in [1.82, 2.24) is 0 Å². The van der Waals surface area contributed by atoms with Crippen molar-refractivity contribution in [2.45, 2.75) is 13.0 Å². The van der Waals surface area contributed by atoms with Gasteiger partial charge < -0.3 is 10.1 Å². The molecule has 0 aliphatic carbocycles. The Morgan fingerprint density at radius 2 is 1.52 bits per heavy atom. The summed E-state index contributed by atoms with van der Waals surface area (Å²) < 4.78 is 70.9. The third kappa shape index (κ3) is 3.93. The van der Waals surface area contributed by atoms with E-state index < -0.39 is 58.3 Å². The zero-order valence-corrected chi connectivity index (χ0v) is 12.6. The number of benzene rings is 2. The molecule has 2 aromatic carbocycles. The monoisotopic (exact) mass is 359 g/mol. The highest BCUT2D eigenvalue weighted by Gasteiger charge is 2.25. The van der Waals surface area contributed by atoms with Gasteiger partial charge in [0.15, 0.2) is 23.6 Å². The number of carbonyl (C=O) groups excluding carboxylic acids is 2. The van der Waals surface area contributed by atoms with E-state index in [4.69, 9.17) is 0 Å². The molecular formula is C16H10F5NO3. The molecule has 1 atom stereocenters. The summed E-state index contributed by atoms with van der Waals surface area (Å²) in [7, 11) is 0. The lowest BCUT2D eigenvalue weighted by molar-refractivity contribution is -0.123. The first-order chi connectivity index (χ1) is 11.7. The Bertz CT molecular complexity index is 821. The molecule has 0 radical (unpaired) electrons. The van der Waals surface area contributed by atoms with Crippen molar-refractivity contribution in [3.05, 3.63) is 65.0 Å². The molecule has 9 heteroatoms. The van der Waals surface area contributed by atoms with E-state index in [9.17, 15) is 31.5 Å². The molecule has 0 aliphatic heterocycles. The summed E-state index contributed by atoms with van der Waals surface area (Å²) in [6.45, 7) is 1.05. The average Bonchev–Trinajstić information content (AvgIpc) is 2.55. The van der Waals surface area contributed by atoms with E-state index in [2.05, 4.69) is 4.74 Å². The van der Waals surface area contributed by atoms with Crippen LogP contribution in [0, 0.1) is 29.1 Å². The number of hydrogen-bond donors (Lipinski definition) is 1. The van der Waals surface area contributed by atoms with Crippen molar-refractivity contribution in [1.29, 1.82) is 0 Å². The largest absolute Gasteiger partial charge is 0.449 e. The van der Waals surface area contributed by atoms with Crippen LogP contribution in [-0.2, 0) is 9.53 Å². The smallest absolute Gasteiger partial charge is 0.344 e. The van der Waals surface area contributed by atoms with Crippen LogP contribution in [0.15, 0.2) is 30.3 Å². The van der Waals surface area contributed by atoms with Crippen LogP contribution in [0.2, 0.25) is 0 Å². The third-order valence-corrected chi connectivity index (χ3v) is 3.11. The molecule has 2 aromatic rings. The second kappa shape index (κ2) is 7.29. The highest BCUT2D eigenvalue weighted by Crippen LogP contribution is 2.20. The molecule has 4 nitrogen and oxygen atoms in total. The molecule has 0 spiro atoms. The Labute approximate surface area is 138 Å². The maximum absolute atomic E-state index is 13.5. The van der Waals surface area contributed by atoms with Crippen molar-refractivity contribution >= 4 is 17.6 Å². The van der Waals surface area contributed by atoms with Gasteiger partial charge in [0.2, 0.25) is 0 Å². The summed E-state index contributed by atoms with van der Waals surface area (Å²) in [5, 5.41) is 1.88. The minimum atomic E-state index is -1.80. The molecule has 0 saturated heterocycles. The highest BCUT2D eigenvalue weighted by atomic mass is 19.2. The Morgan fingerprint density at radius 1 is 0.920 bits per heavy atom. The zero-order chi connectivity index (χ0) is 18.7. The zero-order valence-electron chi connectivity index (χ0n) is 12.6. The van der Waals surface area contributed by atoms with Gasteiger partial charge in [0.05, 0.1) is 5.69 Å².